The molecule has 58 valence electrons. The molecule has 0 saturated carbocycles. The number of aliphatic hydroxyl groups excluding tert-OH is 3. The molecule has 0 aromatic heterocycles. The van der Waals surface area contributed by atoms with Gasteiger partial charge in [-0.05, 0) is 0 Å². The van der Waals surface area contributed by atoms with Crippen LogP contribution in [0.3, 0.4) is 0 Å². The predicted octanol–water partition coefficient (Wildman–Crippen LogP) is -1.49. The molecule has 5 heteroatoms. The number of rotatable bonds is 3. The maximum absolute atomic E-state index is 8.27. The van der Waals surface area contributed by atoms with Gasteiger partial charge in [0.05, 0.1) is 0 Å². The van der Waals surface area contributed by atoms with Crippen molar-refractivity contribution in [2.24, 2.45) is 0 Å². The molecule has 0 rings (SSSR count). The van der Waals surface area contributed by atoms with Gasteiger partial charge in [0.2, 0.25) is 0 Å². The average Bonchev–Trinajstić information content (AvgIpc) is 1.72. The van der Waals surface area contributed by atoms with Gasteiger partial charge in [-0.25, -0.2) is 0 Å². The van der Waals surface area contributed by atoms with Crippen LogP contribution in [-0.2, 0) is 18.4 Å². The third kappa shape index (κ3) is 5.19. The van der Waals surface area contributed by atoms with Gasteiger partial charge < -0.3 is 0 Å². The number of hydrogen-bond donors (Lipinski definition) is 3. The second-order valence-electron chi connectivity index (χ2n) is 0.738. The van der Waals surface area contributed by atoms with Gasteiger partial charge >= 0.3 is 48.2 Å². The molecular weight excluding hydrogens is 312 g/mol. The molecule has 0 bridgehead atoms. The summed E-state index contributed by atoms with van der Waals surface area (Å²) in [6.07, 6.45) is 0. The summed E-state index contributed by atoms with van der Waals surface area (Å²) < 4.78 is 0. The van der Waals surface area contributed by atoms with Crippen molar-refractivity contribution in [1.29, 1.82) is 0 Å². The van der Waals surface area contributed by atoms with Crippen LogP contribution in [0.1, 0.15) is 0 Å². The monoisotopic (exact) mass is 324 g/mol. The summed E-state index contributed by atoms with van der Waals surface area (Å²) in [5, 5.41) is 24.8. The molecule has 3 nitrogen and oxygen atoms in total. The zero-order valence-corrected chi connectivity index (χ0v) is 8.05. The summed E-state index contributed by atoms with van der Waals surface area (Å²) in [5.41, 5.74) is 0. The Hall–Kier alpha value is 1.05. The van der Waals surface area contributed by atoms with Crippen molar-refractivity contribution >= 4 is 9.90 Å². The Kier molecular flexibility index (Phi) is 11.9. The molecule has 0 heterocycles. The summed E-state index contributed by atoms with van der Waals surface area (Å²) in [4.78, 5) is 0.00694. The smallest absolute Gasteiger partial charge is 0.153 e. The minimum Gasteiger partial charge on any atom is -0.153 e. The largest absolute Gasteiger partial charge is 0.153 e. The predicted molar refractivity (Wildman–Crippen MR) is 32.4 cm³/mol. The Bertz CT molecular complexity index is 36.0. The van der Waals surface area contributed by atoms with Crippen LogP contribution in [0.25, 0.3) is 0 Å². The molecule has 8 heavy (non-hydrogen) atoms. The molecule has 0 aromatic rings. The molecule has 0 aliphatic rings. The fraction of sp³-hybridized carbons (Fsp3) is 1.00. The first-order valence-corrected chi connectivity index (χ1v) is 6.18. The SMILES string of the molecule is O[CH2][Au]([CH2]O)[CH2]O.P. The van der Waals surface area contributed by atoms with E-state index in [4.69, 9.17) is 15.3 Å². The van der Waals surface area contributed by atoms with E-state index in [2.05, 4.69) is 0 Å². The fourth-order valence-corrected chi connectivity index (χ4v) is 0.740. The molecule has 0 amide bonds. The van der Waals surface area contributed by atoms with Crippen molar-refractivity contribution in [3.05, 3.63) is 0 Å². The maximum Gasteiger partial charge on any atom is -0.153 e. The van der Waals surface area contributed by atoms with Crippen molar-refractivity contribution < 1.29 is 33.8 Å². The van der Waals surface area contributed by atoms with Gasteiger partial charge in [0.25, 0.3) is 0 Å². The van der Waals surface area contributed by atoms with Crippen molar-refractivity contribution in [1.82, 2.24) is 0 Å². The molecular formula is C3H12AuO3P. The molecule has 0 aliphatic heterocycles. The third-order valence-electron chi connectivity index (χ3n) is 0.405. The molecule has 1 atom stereocenters. The molecule has 0 spiro atoms. The third-order valence-corrected chi connectivity index (χ3v) is 3.31. The van der Waals surface area contributed by atoms with E-state index in [1.165, 1.54) is 0 Å². The molecule has 1 unspecified atom stereocenters. The van der Waals surface area contributed by atoms with Crippen LogP contribution < -0.4 is 0 Å². The maximum atomic E-state index is 8.27. The van der Waals surface area contributed by atoms with Crippen molar-refractivity contribution in [2.75, 3.05) is 14.5 Å². The molecule has 0 aliphatic carbocycles. The first-order chi connectivity index (χ1) is 3.35. The van der Waals surface area contributed by atoms with Crippen molar-refractivity contribution in [2.45, 2.75) is 0 Å². The van der Waals surface area contributed by atoms with E-state index in [9.17, 15) is 0 Å². The van der Waals surface area contributed by atoms with Crippen molar-refractivity contribution in [3.8, 4) is 0 Å². The molecule has 0 fully saturated rings. The van der Waals surface area contributed by atoms with Gasteiger partial charge in [0.1, 0.15) is 0 Å². The zero-order chi connectivity index (χ0) is 5.70. The van der Waals surface area contributed by atoms with E-state index in [1.54, 1.807) is 0 Å². The molecule has 0 aromatic carbocycles. The van der Waals surface area contributed by atoms with E-state index in [0.29, 0.717) is 0 Å². The summed E-state index contributed by atoms with van der Waals surface area (Å²) >= 11 is -1.58. The van der Waals surface area contributed by atoms with Crippen LogP contribution >= 0.6 is 9.90 Å². The Morgan fingerprint density at radius 3 is 1.12 bits per heavy atom. The average molecular weight is 324 g/mol. The van der Waals surface area contributed by atoms with Crippen LogP contribution in [0.4, 0.5) is 0 Å². The summed E-state index contributed by atoms with van der Waals surface area (Å²) in [6, 6.07) is 0. The second kappa shape index (κ2) is 8.05. The Morgan fingerprint density at radius 1 is 0.875 bits per heavy atom. The van der Waals surface area contributed by atoms with E-state index in [0.717, 1.165) is 0 Å². The van der Waals surface area contributed by atoms with Crippen LogP contribution in [0, 0.1) is 0 Å². The summed E-state index contributed by atoms with van der Waals surface area (Å²) in [6.45, 7) is 0. The summed E-state index contributed by atoms with van der Waals surface area (Å²) in [7, 11) is 0. The van der Waals surface area contributed by atoms with Crippen LogP contribution in [0.5, 0.6) is 0 Å². The minimum atomic E-state index is -1.58. The molecule has 0 saturated heterocycles. The zero-order valence-electron chi connectivity index (χ0n) is 4.47. The minimum absolute atomic E-state index is 0. The summed E-state index contributed by atoms with van der Waals surface area (Å²) in [5.74, 6) is 0. The standard InChI is InChI=1S/3CH3O.Au.H3P/c3*1-2;;/h3*2H,1H2;;1H3. The van der Waals surface area contributed by atoms with Gasteiger partial charge in [-0.1, -0.05) is 0 Å². The van der Waals surface area contributed by atoms with Gasteiger partial charge in [-0.15, -0.1) is 0 Å². The van der Waals surface area contributed by atoms with Crippen molar-refractivity contribution in [3.63, 3.8) is 0 Å². The van der Waals surface area contributed by atoms with E-state index in [-0.39, 0.29) is 24.4 Å². The Labute approximate surface area is 58.5 Å². The van der Waals surface area contributed by atoms with Gasteiger partial charge in [-0.2, -0.15) is 9.90 Å². The van der Waals surface area contributed by atoms with Crippen LogP contribution in [-0.4, -0.2) is 29.8 Å². The first kappa shape index (κ1) is 11.8. The molecule has 0 radical (unpaired) electrons. The van der Waals surface area contributed by atoms with Gasteiger partial charge in [-0.3, -0.25) is 0 Å². The van der Waals surface area contributed by atoms with E-state index in [1.807, 2.05) is 0 Å². The van der Waals surface area contributed by atoms with E-state index < -0.39 is 18.4 Å². The van der Waals surface area contributed by atoms with E-state index >= 15 is 0 Å². The first-order valence-electron chi connectivity index (χ1n) is 1.59. The van der Waals surface area contributed by atoms with Crippen LogP contribution in [0.15, 0.2) is 0 Å². The second-order valence-corrected chi connectivity index (χ2v) is 6.04. The fourth-order valence-electron chi connectivity index (χ4n) is 0.0905. The Morgan fingerprint density at radius 2 is 1.12 bits per heavy atom. The molecule has 3 N–H and O–H groups in total. The quantitative estimate of drug-likeness (QED) is 0.438. The topological polar surface area (TPSA) is 60.7 Å². The normalized spacial score (nSPS) is 10.1. The number of aliphatic hydroxyl groups is 3. The van der Waals surface area contributed by atoms with Crippen LogP contribution in [0.2, 0.25) is 0 Å². The van der Waals surface area contributed by atoms with Gasteiger partial charge in [0.15, 0.2) is 0 Å². The number of hydrogen-bond acceptors (Lipinski definition) is 3. The van der Waals surface area contributed by atoms with Gasteiger partial charge in [0, 0.05) is 0 Å². The Balaban J connectivity index is 0.